The van der Waals surface area contributed by atoms with Crippen LogP contribution >= 0.6 is 0 Å². The van der Waals surface area contributed by atoms with Gasteiger partial charge in [-0.15, -0.1) is 0 Å². The second-order valence-corrected chi connectivity index (χ2v) is 6.74. The van der Waals surface area contributed by atoms with Crippen LogP contribution < -0.4 is 14.4 Å². The van der Waals surface area contributed by atoms with Crippen LogP contribution in [0.25, 0.3) is 6.08 Å². The van der Waals surface area contributed by atoms with Crippen LogP contribution in [0.15, 0.2) is 77.4 Å². The standard InChI is InChI=1S/C24H19FN2O4/c1-30-21-12-3-15(14-22(21)31-2)13-20-24(29)27(18-8-10-19(28)11-9-18)23(26-20)16-4-6-17(25)7-5-16/h3-14,28H,1-2H3/b20-13+. The third kappa shape index (κ3) is 3.98. The van der Waals surface area contributed by atoms with Gasteiger partial charge in [-0.3, -0.25) is 9.69 Å². The van der Waals surface area contributed by atoms with Crippen molar-refractivity contribution in [3.63, 3.8) is 0 Å². The molecule has 0 aliphatic carbocycles. The number of carbonyl (C=O) groups excluding carboxylic acids is 1. The lowest BCUT2D eigenvalue weighted by molar-refractivity contribution is -0.113. The van der Waals surface area contributed by atoms with Gasteiger partial charge in [0.15, 0.2) is 11.5 Å². The monoisotopic (exact) mass is 418 g/mol. The maximum atomic E-state index is 13.4. The van der Waals surface area contributed by atoms with Gasteiger partial charge in [-0.2, -0.15) is 0 Å². The Labute approximate surface area is 178 Å². The van der Waals surface area contributed by atoms with Crippen molar-refractivity contribution in [2.75, 3.05) is 19.1 Å². The summed E-state index contributed by atoms with van der Waals surface area (Å²) >= 11 is 0. The molecule has 0 unspecified atom stereocenters. The highest BCUT2D eigenvalue weighted by Gasteiger charge is 2.32. The van der Waals surface area contributed by atoms with Crippen LogP contribution in [0.5, 0.6) is 17.2 Å². The molecule has 1 amide bonds. The number of hydrogen-bond donors (Lipinski definition) is 1. The molecule has 1 aliphatic heterocycles. The number of benzene rings is 3. The number of phenolic OH excluding ortho intramolecular Hbond substituents is 1. The summed E-state index contributed by atoms with van der Waals surface area (Å²) < 4.78 is 24.0. The number of anilines is 1. The van der Waals surface area contributed by atoms with E-state index in [-0.39, 0.29) is 23.2 Å². The van der Waals surface area contributed by atoms with Gasteiger partial charge in [0.05, 0.1) is 19.9 Å². The summed E-state index contributed by atoms with van der Waals surface area (Å²) in [7, 11) is 3.08. The fourth-order valence-electron chi connectivity index (χ4n) is 3.25. The number of halogens is 1. The molecule has 0 radical (unpaired) electrons. The minimum absolute atomic E-state index is 0.0803. The number of phenols is 1. The van der Waals surface area contributed by atoms with E-state index in [0.29, 0.717) is 34.1 Å². The largest absolute Gasteiger partial charge is 0.508 e. The van der Waals surface area contributed by atoms with E-state index in [1.54, 1.807) is 55.7 Å². The first-order chi connectivity index (χ1) is 15.0. The van der Waals surface area contributed by atoms with Crippen molar-refractivity contribution in [3.8, 4) is 17.2 Å². The lowest BCUT2D eigenvalue weighted by atomic mass is 10.1. The summed E-state index contributed by atoms with van der Waals surface area (Å²) in [5, 5.41) is 9.61. The minimum Gasteiger partial charge on any atom is -0.508 e. The third-order valence-electron chi connectivity index (χ3n) is 4.78. The second kappa shape index (κ2) is 8.31. The topological polar surface area (TPSA) is 71.4 Å². The lowest BCUT2D eigenvalue weighted by Crippen LogP contribution is -2.32. The van der Waals surface area contributed by atoms with Gasteiger partial charge in [0.25, 0.3) is 5.91 Å². The molecule has 0 saturated carbocycles. The Morgan fingerprint density at radius 2 is 1.61 bits per heavy atom. The van der Waals surface area contributed by atoms with E-state index in [1.807, 2.05) is 0 Å². The second-order valence-electron chi connectivity index (χ2n) is 6.74. The number of methoxy groups -OCH3 is 2. The van der Waals surface area contributed by atoms with Gasteiger partial charge in [0.1, 0.15) is 23.1 Å². The molecule has 0 aromatic heterocycles. The van der Waals surface area contributed by atoms with Crippen LogP contribution in [0.4, 0.5) is 10.1 Å². The smallest absolute Gasteiger partial charge is 0.282 e. The van der Waals surface area contributed by atoms with Gasteiger partial charge in [0, 0.05) is 5.56 Å². The average molecular weight is 418 g/mol. The van der Waals surface area contributed by atoms with Gasteiger partial charge in [-0.05, 0) is 72.3 Å². The van der Waals surface area contributed by atoms with Crippen molar-refractivity contribution in [2.24, 2.45) is 4.99 Å². The Kier molecular flexibility index (Phi) is 5.41. The Balaban J connectivity index is 1.80. The van der Waals surface area contributed by atoms with Crippen LogP contribution in [0.2, 0.25) is 0 Å². The highest BCUT2D eigenvalue weighted by Crippen LogP contribution is 2.31. The first-order valence-corrected chi connectivity index (χ1v) is 9.42. The van der Waals surface area contributed by atoms with E-state index < -0.39 is 0 Å². The number of ether oxygens (including phenoxy) is 2. The van der Waals surface area contributed by atoms with Crippen molar-refractivity contribution >= 4 is 23.5 Å². The average Bonchev–Trinajstić information content (AvgIpc) is 3.10. The molecule has 1 N–H and O–H groups in total. The molecule has 1 aliphatic rings. The number of nitrogens with zero attached hydrogens (tertiary/aromatic N) is 2. The van der Waals surface area contributed by atoms with Gasteiger partial charge >= 0.3 is 0 Å². The number of aromatic hydroxyl groups is 1. The molecule has 4 rings (SSSR count). The van der Waals surface area contributed by atoms with Crippen LogP contribution in [0, 0.1) is 5.82 Å². The number of hydrogen-bond acceptors (Lipinski definition) is 5. The molecule has 3 aromatic rings. The van der Waals surface area contributed by atoms with Crippen LogP contribution in [0.3, 0.4) is 0 Å². The summed E-state index contributed by atoms with van der Waals surface area (Å²) in [5.41, 5.74) is 2.02. The molecule has 0 fully saturated rings. The molecule has 0 bridgehead atoms. The first-order valence-electron chi connectivity index (χ1n) is 9.42. The predicted molar refractivity (Wildman–Crippen MR) is 116 cm³/mol. The predicted octanol–water partition coefficient (Wildman–Crippen LogP) is 4.38. The summed E-state index contributed by atoms with van der Waals surface area (Å²) in [5.74, 6) is 0.814. The quantitative estimate of drug-likeness (QED) is 0.624. The molecule has 0 saturated heterocycles. The first kappa shape index (κ1) is 20.2. The number of carbonyl (C=O) groups is 1. The molecular weight excluding hydrogens is 399 g/mol. The fraction of sp³-hybridized carbons (Fsp3) is 0.0833. The summed E-state index contributed by atoms with van der Waals surface area (Å²) in [6.07, 6.45) is 1.65. The Morgan fingerprint density at radius 3 is 2.26 bits per heavy atom. The molecular formula is C24H19FN2O4. The number of rotatable bonds is 5. The molecule has 7 heteroatoms. The zero-order chi connectivity index (χ0) is 22.0. The fourth-order valence-corrected chi connectivity index (χ4v) is 3.25. The van der Waals surface area contributed by atoms with Crippen LogP contribution in [0.1, 0.15) is 11.1 Å². The number of amides is 1. The SMILES string of the molecule is COc1ccc(/C=C2/N=C(c3ccc(F)cc3)N(c3ccc(O)cc3)C2=O)cc1OC. The van der Waals surface area contributed by atoms with Crippen molar-refractivity contribution in [1.82, 2.24) is 0 Å². The van der Waals surface area contributed by atoms with Gasteiger partial charge in [-0.1, -0.05) is 6.07 Å². The normalized spacial score (nSPS) is 14.7. The van der Waals surface area contributed by atoms with E-state index in [2.05, 4.69) is 4.99 Å². The minimum atomic E-state index is -0.383. The van der Waals surface area contributed by atoms with E-state index in [4.69, 9.17) is 9.47 Å². The van der Waals surface area contributed by atoms with Gasteiger partial charge in [-0.25, -0.2) is 9.38 Å². The van der Waals surface area contributed by atoms with Crippen LogP contribution in [-0.2, 0) is 4.79 Å². The van der Waals surface area contributed by atoms with E-state index >= 15 is 0 Å². The van der Waals surface area contributed by atoms with Crippen molar-refractivity contribution < 1.29 is 23.8 Å². The highest BCUT2D eigenvalue weighted by molar-refractivity contribution is 6.33. The molecule has 0 spiro atoms. The van der Waals surface area contributed by atoms with Crippen molar-refractivity contribution in [3.05, 3.63) is 89.4 Å². The van der Waals surface area contributed by atoms with Crippen molar-refractivity contribution in [1.29, 1.82) is 0 Å². The summed E-state index contributed by atoms with van der Waals surface area (Å²) in [4.78, 5) is 19.2. The molecule has 156 valence electrons. The Bertz CT molecular complexity index is 1190. The highest BCUT2D eigenvalue weighted by atomic mass is 19.1. The molecule has 31 heavy (non-hydrogen) atoms. The van der Waals surface area contributed by atoms with E-state index in [1.165, 1.54) is 36.3 Å². The zero-order valence-electron chi connectivity index (χ0n) is 16.9. The lowest BCUT2D eigenvalue weighted by Gasteiger charge is -2.18. The maximum absolute atomic E-state index is 13.4. The van der Waals surface area contributed by atoms with Gasteiger partial charge < -0.3 is 14.6 Å². The Morgan fingerprint density at radius 1 is 0.935 bits per heavy atom. The zero-order valence-corrected chi connectivity index (χ0v) is 16.9. The molecule has 1 heterocycles. The molecule has 0 atom stereocenters. The number of aliphatic imine (C=N–C) groups is 1. The summed E-state index contributed by atoms with van der Waals surface area (Å²) in [6, 6.07) is 17.2. The van der Waals surface area contributed by atoms with Crippen LogP contribution in [-0.4, -0.2) is 31.1 Å². The number of amidine groups is 1. The molecule has 6 nitrogen and oxygen atoms in total. The Hall–Kier alpha value is -4.13. The van der Waals surface area contributed by atoms with E-state index in [9.17, 15) is 14.3 Å². The van der Waals surface area contributed by atoms with Gasteiger partial charge in [0.2, 0.25) is 0 Å². The van der Waals surface area contributed by atoms with Crippen molar-refractivity contribution in [2.45, 2.75) is 0 Å². The van der Waals surface area contributed by atoms with E-state index in [0.717, 1.165) is 0 Å². The molecule has 3 aromatic carbocycles. The maximum Gasteiger partial charge on any atom is 0.282 e. The third-order valence-corrected chi connectivity index (χ3v) is 4.78. The summed E-state index contributed by atoms with van der Waals surface area (Å²) in [6.45, 7) is 0.